The Hall–Kier alpha value is -1.80. The molecule has 7 nitrogen and oxygen atoms in total. The minimum Gasteiger partial charge on any atom is -0.507 e. The van der Waals surface area contributed by atoms with Gasteiger partial charge in [-0.2, -0.15) is 0 Å². The average molecular weight is 431 g/mol. The number of nitrogens with zero attached hydrogens (tertiary/aromatic N) is 4. The zero-order valence-corrected chi connectivity index (χ0v) is 19.0. The van der Waals surface area contributed by atoms with Gasteiger partial charge in [-0.1, -0.05) is 6.92 Å². The highest BCUT2D eigenvalue weighted by Gasteiger charge is 2.10. The fourth-order valence-electron chi connectivity index (χ4n) is 3.89. The first kappa shape index (κ1) is 23.9. The Labute approximate surface area is 186 Å². The SMILES string of the molecule is CCc1cc(C=NCCCN2CCOCC2)c(O)c(C=NCCCN2CCOCC2)c1. The molecular formula is C24H38N4O3. The van der Waals surface area contributed by atoms with Crippen LogP contribution in [0.4, 0.5) is 0 Å². The fraction of sp³-hybridized carbons (Fsp3) is 0.667. The van der Waals surface area contributed by atoms with E-state index in [9.17, 15) is 5.11 Å². The minimum absolute atomic E-state index is 0.269. The Morgan fingerprint density at radius 3 is 1.71 bits per heavy atom. The molecule has 3 rings (SSSR count). The van der Waals surface area contributed by atoms with Crippen LogP contribution in [0, 0.1) is 0 Å². The Bertz CT molecular complexity index is 656. The molecule has 7 heteroatoms. The van der Waals surface area contributed by atoms with Crippen molar-refractivity contribution in [1.29, 1.82) is 0 Å². The number of ether oxygens (including phenoxy) is 2. The van der Waals surface area contributed by atoms with E-state index in [0.29, 0.717) is 0 Å². The number of aliphatic imine (C=N–C) groups is 2. The van der Waals surface area contributed by atoms with Crippen LogP contribution < -0.4 is 0 Å². The highest BCUT2D eigenvalue weighted by molar-refractivity contribution is 5.92. The first-order valence-electron chi connectivity index (χ1n) is 11.7. The third-order valence-electron chi connectivity index (χ3n) is 5.83. The minimum atomic E-state index is 0.269. The summed E-state index contributed by atoms with van der Waals surface area (Å²) in [6.45, 7) is 13.1. The molecule has 0 saturated carbocycles. The van der Waals surface area contributed by atoms with Crippen LogP contribution in [0.2, 0.25) is 0 Å². The summed E-state index contributed by atoms with van der Waals surface area (Å²) in [5.41, 5.74) is 2.74. The van der Waals surface area contributed by atoms with Gasteiger partial charge in [0.1, 0.15) is 5.75 Å². The predicted molar refractivity (Wildman–Crippen MR) is 126 cm³/mol. The monoisotopic (exact) mass is 430 g/mol. The third-order valence-corrected chi connectivity index (χ3v) is 5.83. The van der Waals surface area contributed by atoms with Crippen molar-refractivity contribution in [2.45, 2.75) is 26.2 Å². The van der Waals surface area contributed by atoms with Crippen LogP contribution in [0.15, 0.2) is 22.1 Å². The second kappa shape index (κ2) is 13.6. The zero-order chi connectivity index (χ0) is 21.7. The van der Waals surface area contributed by atoms with Gasteiger partial charge in [-0.15, -0.1) is 0 Å². The van der Waals surface area contributed by atoms with Gasteiger partial charge >= 0.3 is 0 Å². The van der Waals surface area contributed by atoms with Gasteiger partial charge in [0.05, 0.1) is 26.4 Å². The third kappa shape index (κ3) is 8.33. The van der Waals surface area contributed by atoms with E-state index in [1.165, 1.54) is 5.56 Å². The summed E-state index contributed by atoms with van der Waals surface area (Å²) < 4.78 is 10.8. The van der Waals surface area contributed by atoms with Gasteiger partial charge in [-0.25, -0.2) is 0 Å². The van der Waals surface area contributed by atoms with Gasteiger partial charge in [0.25, 0.3) is 0 Å². The summed E-state index contributed by atoms with van der Waals surface area (Å²) in [4.78, 5) is 14.0. The van der Waals surface area contributed by atoms with Gasteiger partial charge < -0.3 is 14.6 Å². The van der Waals surface area contributed by atoms with Crippen LogP contribution in [-0.2, 0) is 15.9 Å². The standard InChI is InChI=1S/C24H38N4O3/c1-2-21-17-22(19-25-5-3-7-27-9-13-30-14-10-27)24(29)23(18-21)20-26-6-4-8-28-11-15-31-16-12-28/h17-20,29H,2-16H2,1H3. The number of benzene rings is 1. The number of rotatable bonds is 11. The Balaban J connectivity index is 1.47. The topological polar surface area (TPSA) is 69.9 Å². The lowest BCUT2D eigenvalue weighted by Gasteiger charge is -2.26. The number of aromatic hydroxyl groups is 1. The number of morpholine rings is 2. The van der Waals surface area contributed by atoms with E-state index in [1.54, 1.807) is 0 Å². The molecular weight excluding hydrogens is 392 g/mol. The van der Waals surface area contributed by atoms with E-state index in [4.69, 9.17) is 9.47 Å². The largest absolute Gasteiger partial charge is 0.507 e. The molecule has 1 aromatic carbocycles. The molecule has 172 valence electrons. The molecule has 0 radical (unpaired) electrons. The molecule has 1 aromatic rings. The summed E-state index contributed by atoms with van der Waals surface area (Å²) in [6.07, 6.45) is 6.56. The number of hydrogen-bond donors (Lipinski definition) is 1. The van der Waals surface area contributed by atoms with Crippen LogP contribution in [-0.4, -0.2) is 106 Å². The molecule has 2 heterocycles. The Morgan fingerprint density at radius 1 is 0.839 bits per heavy atom. The normalized spacial score (nSPS) is 19.0. The predicted octanol–water partition coefficient (Wildman–Crippen LogP) is 2.24. The molecule has 2 aliphatic rings. The average Bonchev–Trinajstić information content (AvgIpc) is 2.81. The van der Waals surface area contributed by atoms with Crippen LogP contribution in [0.3, 0.4) is 0 Å². The lowest BCUT2D eigenvalue weighted by atomic mass is 10.0. The van der Waals surface area contributed by atoms with Gasteiger partial charge in [-0.3, -0.25) is 19.8 Å². The van der Waals surface area contributed by atoms with Crippen LogP contribution in [0.25, 0.3) is 0 Å². The van der Waals surface area contributed by atoms with Gasteiger partial charge in [0, 0.05) is 75.9 Å². The number of aryl methyl sites for hydroxylation is 1. The molecule has 2 aliphatic heterocycles. The van der Waals surface area contributed by atoms with Gasteiger partial charge in [0.2, 0.25) is 0 Å². The van der Waals surface area contributed by atoms with Crippen molar-refractivity contribution in [2.24, 2.45) is 9.98 Å². The van der Waals surface area contributed by atoms with Crippen molar-refractivity contribution in [2.75, 3.05) is 78.8 Å². The van der Waals surface area contributed by atoms with Crippen LogP contribution in [0.1, 0.15) is 36.5 Å². The van der Waals surface area contributed by atoms with Crippen LogP contribution >= 0.6 is 0 Å². The van der Waals surface area contributed by atoms with E-state index >= 15 is 0 Å². The fourth-order valence-corrected chi connectivity index (χ4v) is 3.89. The maximum absolute atomic E-state index is 10.7. The quantitative estimate of drug-likeness (QED) is 0.431. The van der Waals surface area contributed by atoms with E-state index in [0.717, 1.165) is 109 Å². The molecule has 0 bridgehead atoms. The number of phenols is 1. The Kier molecular flexibility index (Phi) is 10.4. The first-order valence-corrected chi connectivity index (χ1v) is 11.7. The van der Waals surface area contributed by atoms with Crippen molar-refractivity contribution in [3.63, 3.8) is 0 Å². The maximum Gasteiger partial charge on any atom is 0.133 e. The number of hydrogen-bond acceptors (Lipinski definition) is 7. The molecule has 31 heavy (non-hydrogen) atoms. The van der Waals surface area contributed by atoms with E-state index in [-0.39, 0.29) is 5.75 Å². The maximum atomic E-state index is 10.7. The highest BCUT2D eigenvalue weighted by Crippen LogP contribution is 2.22. The molecule has 0 atom stereocenters. The molecule has 1 N–H and O–H groups in total. The summed E-state index contributed by atoms with van der Waals surface area (Å²) >= 11 is 0. The second-order valence-electron chi connectivity index (χ2n) is 8.16. The lowest BCUT2D eigenvalue weighted by molar-refractivity contribution is 0.0377. The van der Waals surface area contributed by atoms with E-state index in [2.05, 4.69) is 26.7 Å². The van der Waals surface area contributed by atoms with Crippen molar-refractivity contribution in [3.05, 3.63) is 28.8 Å². The second-order valence-corrected chi connectivity index (χ2v) is 8.16. The first-order chi connectivity index (χ1) is 15.3. The summed E-state index contributed by atoms with van der Waals surface area (Å²) in [5, 5.41) is 10.7. The van der Waals surface area contributed by atoms with Crippen molar-refractivity contribution >= 4 is 12.4 Å². The summed E-state index contributed by atoms with van der Waals surface area (Å²) in [5.74, 6) is 0.269. The molecule has 2 saturated heterocycles. The van der Waals surface area contributed by atoms with E-state index in [1.807, 2.05) is 24.6 Å². The van der Waals surface area contributed by atoms with Crippen LogP contribution in [0.5, 0.6) is 5.75 Å². The lowest BCUT2D eigenvalue weighted by Crippen LogP contribution is -2.37. The molecule has 0 amide bonds. The molecule has 0 aromatic heterocycles. The summed E-state index contributed by atoms with van der Waals surface area (Å²) in [6, 6.07) is 4.05. The zero-order valence-electron chi connectivity index (χ0n) is 19.0. The summed E-state index contributed by atoms with van der Waals surface area (Å²) in [7, 11) is 0. The van der Waals surface area contributed by atoms with Crippen molar-refractivity contribution in [3.8, 4) is 5.75 Å². The molecule has 0 spiro atoms. The van der Waals surface area contributed by atoms with Crippen molar-refractivity contribution in [1.82, 2.24) is 9.80 Å². The Morgan fingerprint density at radius 2 is 1.29 bits per heavy atom. The molecule has 0 aliphatic carbocycles. The van der Waals surface area contributed by atoms with Crippen molar-refractivity contribution < 1.29 is 14.6 Å². The number of phenolic OH excluding ortho intramolecular Hbond substituents is 1. The smallest absolute Gasteiger partial charge is 0.133 e. The van der Waals surface area contributed by atoms with Gasteiger partial charge in [0.15, 0.2) is 0 Å². The molecule has 0 unspecified atom stereocenters. The highest BCUT2D eigenvalue weighted by atomic mass is 16.5. The van der Waals surface area contributed by atoms with Gasteiger partial charge in [-0.05, 0) is 37.0 Å². The molecule has 2 fully saturated rings. The van der Waals surface area contributed by atoms with E-state index < -0.39 is 0 Å².